The van der Waals surface area contributed by atoms with Crippen LogP contribution in [-0.4, -0.2) is 48.8 Å². The normalized spacial score (nSPS) is 10.2. The van der Waals surface area contributed by atoms with Crippen LogP contribution in [0.25, 0.3) is 0 Å². The highest BCUT2D eigenvalue weighted by Gasteiger charge is 2.08. The number of aliphatic carboxylic acids is 1. The molecular weight excluding hydrogens is 302 g/mol. The van der Waals surface area contributed by atoms with Crippen LogP contribution in [0.15, 0.2) is 24.3 Å². The van der Waals surface area contributed by atoms with Crippen LogP contribution in [0.2, 0.25) is 0 Å². The number of carboxylic acid groups (broad SMARTS) is 1. The number of anilines is 1. The fourth-order valence-electron chi connectivity index (χ4n) is 1.67. The zero-order valence-corrected chi connectivity index (χ0v) is 13.1. The van der Waals surface area contributed by atoms with E-state index in [-0.39, 0.29) is 31.1 Å². The van der Waals surface area contributed by atoms with Gasteiger partial charge in [0.15, 0.2) is 0 Å². The highest BCUT2D eigenvalue weighted by Crippen LogP contribution is 2.10. The van der Waals surface area contributed by atoms with Crippen LogP contribution in [0.5, 0.6) is 0 Å². The fraction of sp³-hybridized carbons (Fsp3) is 0.400. The number of benzene rings is 1. The molecule has 0 heterocycles. The van der Waals surface area contributed by atoms with E-state index in [0.29, 0.717) is 11.3 Å². The quantitative estimate of drug-likeness (QED) is 0.534. The number of carboxylic acids is 1. The van der Waals surface area contributed by atoms with E-state index in [1.165, 1.54) is 0 Å². The second-order valence-corrected chi connectivity index (χ2v) is 5.04. The van der Waals surface area contributed by atoms with Gasteiger partial charge in [-0.15, -0.1) is 0 Å². The second-order valence-electron chi connectivity index (χ2n) is 5.04. The molecule has 0 saturated carbocycles. The average molecular weight is 323 g/mol. The molecule has 0 aliphatic heterocycles. The number of carbonyl (C=O) groups is 3. The Kier molecular flexibility index (Phi) is 7.55. The first-order valence-electron chi connectivity index (χ1n) is 7.14. The van der Waals surface area contributed by atoms with Crippen LogP contribution in [0.1, 0.15) is 24.2 Å². The molecule has 23 heavy (non-hydrogen) atoms. The van der Waals surface area contributed by atoms with Gasteiger partial charge in [0.25, 0.3) is 5.91 Å². The number of rotatable bonds is 8. The molecule has 126 valence electrons. The molecule has 4 N–H and O–H groups in total. The van der Waals surface area contributed by atoms with Crippen molar-refractivity contribution in [2.75, 3.05) is 25.1 Å². The van der Waals surface area contributed by atoms with Crippen molar-refractivity contribution in [3.8, 4) is 0 Å². The number of hydrogen-bond donors (Lipinski definition) is 4. The molecule has 0 saturated heterocycles. The Hall–Kier alpha value is -2.61. The zero-order chi connectivity index (χ0) is 17.2. The standard InChI is InChI=1S/C15H21N3O5/c1-10(2)17-15(22)18-12-5-3-4-11(8-12)14(21)16-6-7-23-9-13(19)20/h3-5,8,10H,6-7,9H2,1-2H3,(H,16,21)(H,19,20)(H2,17,18,22). The molecule has 1 aromatic carbocycles. The van der Waals surface area contributed by atoms with Crippen molar-refractivity contribution < 1.29 is 24.2 Å². The summed E-state index contributed by atoms with van der Waals surface area (Å²) < 4.78 is 4.82. The summed E-state index contributed by atoms with van der Waals surface area (Å²) in [6.07, 6.45) is 0. The lowest BCUT2D eigenvalue weighted by Crippen LogP contribution is -2.34. The molecule has 0 unspecified atom stereocenters. The number of nitrogens with one attached hydrogen (secondary N) is 3. The fourth-order valence-corrected chi connectivity index (χ4v) is 1.67. The molecule has 3 amide bonds. The second kappa shape index (κ2) is 9.42. The molecule has 1 aromatic rings. The van der Waals surface area contributed by atoms with Gasteiger partial charge in [-0.2, -0.15) is 0 Å². The van der Waals surface area contributed by atoms with Gasteiger partial charge in [0.1, 0.15) is 6.61 Å². The SMILES string of the molecule is CC(C)NC(=O)Nc1cccc(C(=O)NCCOCC(=O)O)c1. The minimum atomic E-state index is -1.06. The number of amides is 3. The molecule has 0 atom stereocenters. The highest BCUT2D eigenvalue weighted by molar-refractivity contribution is 5.96. The lowest BCUT2D eigenvalue weighted by atomic mass is 10.2. The third-order valence-electron chi connectivity index (χ3n) is 2.56. The molecule has 0 aromatic heterocycles. The summed E-state index contributed by atoms with van der Waals surface area (Å²) in [7, 11) is 0. The molecule has 0 bridgehead atoms. The lowest BCUT2D eigenvalue weighted by Gasteiger charge is -2.11. The van der Waals surface area contributed by atoms with Crippen molar-refractivity contribution in [2.24, 2.45) is 0 Å². The molecule has 8 nitrogen and oxygen atoms in total. The van der Waals surface area contributed by atoms with Gasteiger partial charge < -0.3 is 25.8 Å². The predicted octanol–water partition coefficient (Wildman–Crippen LogP) is 1.05. The van der Waals surface area contributed by atoms with Crippen LogP contribution >= 0.6 is 0 Å². The van der Waals surface area contributed by atoms with Gasteiger partial charge in [0.05, 0.1) is 6.61 Å². The Labute approximate surface area is 134 Å². The Morgan fingerprint density at radius 3 is 2.65 bits per heavy atom. The van der Waals surface area contributed by atoms with E-state index in [1.807, 2.05) is 13.8 Å². The molecule has 0 aliphatic rings. The van der Waals surface area contributed by atoms with Crippen molar-refractivity contribution in [1.82, 2.24) is 10.6 Å². The van der Waals surface area contributed by atoms with Crippen LogP contribution in [0.4, 0.5) is 10.5 Å². The third-order valence-corrected chi connectivity index (χ3v) is 2.56. The Morgan fingerprint density at radius 1 is 1.26 bits per heavy atom. The van der Waals surface area contributed by atoms with E-state index in [2.05, 4.69) is 16.0 Å². The van der Waals surface area contributed by atoms with Crippen LogP contribution in [0.3, 0.4) is 0 Å². The van der Waals surface area contributed by atoms with Crippen molar-refractivity contribution in [1.29, 1.82) is 0 Å². The van der Waals surface area contributed by atoms with E-state index < -0.39 is 12.6 Å². The van der Waals surface area contributed by atoms with Gasteiger partial charge in [-0.1, -0.05) is 6.07 Å². The summed E-state index contributed by atoms with van der Waals surface area (Å²) >= 11 is 0. The first-order valence-corrected chi connectivity index (χ1v) is 7.14. The van der Waals surface area contributed by atoms with Crippen LogP contribution in [-0.2, 0) is 9.53 Å². The van der Waals surface area contributed by atoms with Gasteiger partial charge in [-0.25, -0.2) is 9.59 Å². The maximum absolute atomic E-state index is 11.9. The largest absolute Gasteiger partial charge is 0.480 e. The predicted molar refractivity (Wildman–Crippen MR) is 84.5 cm³/mol. The summed E-state index contributed by atoms with van der Waals surface area (Å²) in [6.45, 7) is 3.58. The van der Waals surface area contributed by atoms with Gasteiger partial charge in [0, 0.05) is 23.8 Å². The number of hydrogen-bond acceptors (Lipinski definition) is 4. The van der Waals surface area contributed by atoms with E-state index >= 15 is 0 Å². The maximum atomic E-state index is 11.9. The number of carbonyl (C=O) groups excluding carboxylic acids is 2. The highest BCUT2D eigenvalue weighted by atomic mass is 16.5. The summed E-state index contributed by atoms with van der Waals surface area (Å²) in [5.41, 5.74) is 0.878. The molecular formula is C15H21N3O5. The first-order chi connectivity index (χ1) is 10.9. The summed E-state index contributed by atoms with van der Waals surface area (Å²) in [5.74, 6) is -1.40. The van der Waals surface area contributed by atoms with Gasteiger partial charge >= 0.3 is 12.0 Å². The average Bonchev–Trinajstić information content (AvgIpc) is 2.45. The smallest absolute Gasteiger partial charge is 0.329 e. The number of urea groups is 1. The van der Waals surface area contributed by atoms with Gasteiger partial charge in [-0.05, 0) is 32.0 Å². The molecule has 0 radical (unpaired) electrons. The molecule has 0 fully saturated rings. The van der Waals surface area contributed by atoms with Crippen LogP contribution < -0.4 is 16.0 Å². The Morgan fingerprint density at radius 2 is 2.00 bits per heavy atom. The molecule has 0 aliphatic carbocycles. The molecule has 0 spiro atoms. The van der Waals surface area contributed by atoms with E-state index in [0.717, 1.165) is 0 Å². The van der Waals surface area contributed by atoms with Crippen molar-refractivity contribution in [3.05, 3.63) is 29.8 Å². The van der Waals surface area contributed by atoms with Crippen molar-refractivity contribution >= 4 is 23.6 Å². The van der Waals surface area contributed by atoms with Crippen molar-refractivity contribution in [3.63, 3.8) is 0 Å². The molecule has 8 heteroatoms. The summed E-state index contributed by atoms with van der Waals surface area (Å²) in [5, 5.41) is 16.3. The Bertz CT molecular complexity index is 560. The first kappa shape index (κ1) is 18.4. The zero-order valence-electron chi connectivity index (χ0n) is 13.1. The Balaban J connectivity index is 2.47. The van der Waals surface area contributed by atoms with E-state index in [4.69, 9.17) is 9.84 Å². The lowest BCUT2D eigenvalue weighted by molar-refractivity contribution is -0.142. The maximum Gasteiger partial charge on any atom is 0.329 e. The van der Waals surface area contributed by atoms with E-state index in [9.17, 15) is 14.4 Å². The van der Waals surface area contributed by atoms with E-state index in [1.54, 1.807) is 24.3 Å². The monoisotopic (exact) mass is 323 g/mol. The number of ether oxygens (including phenoxy) is 1. The van der Waals surface area contributed by atoms with Gasteiger partial charge in [0.2, 0.25) is 0 Å². The van der Waals surface area contributed by atoms with Crippen LogP contribution in [0, 0.1) is 0 Å². The third kappa shape index (κ3) is 7.82. The van der Waals surface area contributed by atoms with Crippen molar-refractivity contribution in [2.45, 2.75) is 19.9 Å². The summed E-state index contributed by atoms with van der Waals surface area (Å²) in [6, 6.07) is 6.15. The summed E-state index contributed by atoms with van der Waals surface area (Å²) in [4.78, 5) is 33.8. The topological polar surface area (TPSA) is 117 Å². The minimum absolute atomic E-state index is 0.00674. The van der Waals surface area contributed by atoms with Gasteiger partial charge in [-0.3, -0.25) is 4.79 Å². The molecule has 1 rings (SSSR count). The minimum Gasteiger partial charge on any atom is -0.480 e.